The minimum atomic E-state index is -0.145. The maximum atomic E-state index is 12.5. The first kappa shape index (κ1) is 9.64. The van der Waals surface area contributed by atoms with Gasteiger partial charge in [0.25, 0.3) is 0 Å². The molecule has 1 spiro atoms. The van der Waals surface area contributed by atoms with Gasteiger partial charge in [0.1, 0.15) is 5.78 Å². The Morgan fingerprint density at radius 3 is 2.76 bits per heavy atom. The summed E-state index contributed by atoms with van der Waals surface area (Å²) in [5, 5.41) is 0. The molecule has 3 aliphatic rings. The second kappa shape index (κ2) is 3.10. The summed E-state index contributed by atoms with van der Waals surface area (Å²) in [5.41, 5.74) is 2.61. The third kappa shape index (κ3) is 1.07. The number of benzene rings is 1. The Hall–Kier alpha value is -1.37. The molecular formula is C16H16O. The maximum absolute atomic E-state index is 12.5. The van der Waals surface area contributed by atoms with Crippen molar-refractivity contribution < 1.29 is 4.79 Å². The molecule has 86 valence electrons. The highest BCUT2D eigenvalue weighted by Crippen LogP contribution is 2.56. The van der Waals surface area contributed by atoms with Crippen molar-refractivity contribution in [2.24, 2.45) is 11.8 Å². The molecule has 0 amide bonds. The molecule has 17 heavy (non-hydrogen) atoms. The second-order valence-corrected chi connectivity index (χ2v) is 5.74. The van der Waals surface area contributed by atoms with E-state index in [2.05, 4.69) is 36.4 Å². The van der Waals surface area contributed by atoms with Crippen LogP contribution in [0.1, 0.15) is 30.4 Å². The zero-order valence-electron chi connectivity index (χ0n) is 9.86. The molecule has 1 aromatic rings. The molecule has 3 unspecified atom stereocenters. The number of ketones is 1. The summed E-state index contributed by atoms with van der Waals surface area (Å²) >= 11 is 0. The first-order chi connectivity index (χ1) is 8.30. The molecule has 0 N–H and O–H groups in total. The van der Waals surface area contributed by atoms with Crippen molar-refractivity contribution in [1.82, 2.24) is 0 Å². The van der Waals surface area contributed by atoms with E-state index in [0.29, 0.717) is 17.6 Å². The zero-order valence-corrected chi connectivity index (χ0v) is 9.86. The van der Waals surface area contributed by atoms with Gasteiger partial charge in [-0.15, -0.1) is 0 Å². The van der Waals surface area contributed by atoms with Gasteiger partial charge in [0, 0.05) is 6.42 Å². The number of carbonyl (C=O) groups is 1. The Kier molecular flexibility index (Phi) is 1.76. The molecule has 3 atom stereocenters. The fourth-order valence-electron chi connectivity index (χ4n) is 4.28. The molecule has 1 saturated carbocycles. The second-order valence-electron chi connectivity index (χ2n) is 5.74. The fraction of sp³-hybridized carbons (Fsp3) is 0.438. The Labute approximate surface area is 102 Å². The SMILES string of the molecule is O=C1CCc2ccccc2C12CC1C=CC2C1. The number of hydrogen-bond donors (Lipinski definition) is 0. The van der Waals surface area contributed by atoms with Crippen molar-refractivity contribution in [3.05, 3.63) is 47.5 Å². The van der Waals surface area contributed by atoms with Crippen LogP contribution in [0.5, 0.6) is 0 Å². The number of rotatable bonds is 0. The van der Waals surface area contributed by atoms with Gasteiger partial charge >= 0.3 is 0 Å². The average Bonchev–Trinajstić information content (AvgIpc) is 2.96. The largest absolute Gasteiger partial charge is 0.299 e. The van der Waals surface area contributed by atoms with E-state index in [1.54, 1.807) is 0 Å². The topological polar surface area (TPSA) is 17.1 Å². The summed E-state index contributed by atoms with van der Waals surface area (Å²) in [6, 6.07) is 8.60. The normalized spacial score (nSPS) is 37.8. The lowest BCUT2D eigenvalue weighted by Crippen LogP contribution is -2.43. The lowest BCUT2D eigenvalue weighted by Gasteiger charge is -2.39. The monoisotopic (exact) mass is 224 g/mol. The van der Waals surface area contributed by atoms with Crippen LogP contribution < -0.4 is 0 Å². The summed E-state index contributed by atoms with van der Waals surface area (Å²) in [6.07, 6.45) is 8.56. The highest BCUT2D eigenvalue weighted by Gasteiger charge is 2.55. The van der Waals surface area contributed by atoms with Crippen LogP contribution in [-0.2, 0) is 16.6 Å². The van der Waals surface area contributed by atoms with Crippen LogP contribution in [0.25, 0.3) is 0 Å². The van der Waals surface area contributed by atoms with E-state index in [9.17, 15) is 4.79 Å². The van der Waals surface area contributed by atoms with E-state index in [4.69, 9.17) is 0 Å². The summed E-state index contributed by atoms with van der Waals surface area (Å²) in [4.78, 5) is 12.5. The Bertz CT molecular complexity index is 528. The van der Waals surface area contributed by atoms with Crippen LogP contribution >= 0.6 is 0 Å². The third-order valence-corrected chi connectivity index (χ3v) is 5.01. The molecule has 1 nitrogen and oxygen atoms in total. The van der Waals surface area contributed by atoms with Gasteiger partial charge in [-0.25, -0.2) is 0 Å². The van der Waals surface area contributed by atoms with Crippen LogP contribution in [-0.4, -0.2) is 5.78 Å². The van der Waals surface area contributed by atoms with Crippen molar-refractivity contribution in [1.29, 1.82) is 0 Å². The number of fused-ring (bicyclic) bond motifs is 5. The molecule has 4 rings (SSSR count). The van der Waals surface area contributed by atoms with Crippen LogP contribution in [0.4, 0.5) is 0 Å². The number of Topliss-reactive ketones (excluding diaryl/α,β-unsaturated/α-hetero) is 1. The predicted octanol–water partition coefficient (Wildman–Crippen LogP) is 3.04. The summed E-state index contributed by atoms with van der Waals surface area (Å²) in [6.45, 7) is 0. The third-order valence-electron chi connectivity index (χ3n) is 5.01. The minimum Gasteiger partial charge on any atom is -0.299 e. The molecule has 1 aromatic carbocycles. The van der Waals surface area contributed by atoms with Crippen molar-refractivity contribution in [3.63, 3.8) is 0 Å². The number of hydrogen-bond acceptors (Lipinski definition) is 1. The summed E-state index contributed by atoms with van der Waals surface area (Å²) in [7, 11) is 0. The van der Waals surface area contributed by atoms with Gasteiger partial charge in [-0.05, 0) is 42.2 Å². The zero-order chi connectivity index (χ0) is 11.5. The van der Waals surface area contributed by atoms with Gasteiger partial charge < -0.3 is 0 Å². The maximum Gasteiger partial charge on any atom is 0.144 e. The minimum absolute atomic E-state index is 0.145. The molecule has 0 radical (unpaired) electrons. The molecule has 3 aliphatic carbocycles. The molecule has 0 aliphatic heterocycles. The van der Waals surface area contributed by atoms with Gasteiger partial charge in [-0.1, -0.05) is 36.4 Å². The van der Waals surface area contributed by atoms with Crippen molar-refractivity contribution >= 4 is 5.78 Å². The molecule has 2 bridgehead atoms. The molecule has 0 aromatic heterocycles. The first-order valence-corrected chi connectivity index (χ1v) is 6.61. The van der Waals surface area contributed by atoms with Gasteiger partial charge in [0.2, 0.25) is 0 Å². The molecule has 1 heteroatoms. The van der Waals surface area contributed by atoms with Crippen LogP contribution in [0.15, 0.2) is 36.4 Å². The van der Waals surface area contributed by atoms with Crippen molar-refractivity contribution in [3.8, 4) is 0 Å². The lowest BCUT2D eigenvalue weighted by atomic mass is 9.62. The van der Waals surface area contributed by atoms with Crippen LogP contribution in [0.2, 0.25) is 0 Å². The first-order valence-electron chi connectivity index (χ1n) is 6.61. The summed E-state index contributed by atoms with van der Waals surface area (Å²) < 4.78 is 0. The van der Waals surface area contributed by atoms with E-state index < -0.39 is 0 Å². The molecule has 0 saturated heterocycles. The van der Waals surface area contributed by atoms with E-state index in [1.165, 1.54) is 17.5 Å². The molecule has 1 fully saturated rings. The quantitative estimate of drug-likeness (QED) is 0.619. The number of carbonyl (C=O) groups excluding carboxylic acids is 1. The van der Waals surface area contributed by atoms with Crippen LogP contribution in [0, 0.1) is 11.8 Å². The Balaban J connectivity index is 1.96. The van der Waals surface area contributed by atoms with E-state index in [-0.39, 0.29) is 5.41 Å². The van der Waals surface area contributed by atoms with Crippen LogP contribution in [0.3, 0.4) is 0 Å². The van der Waals surface area contributed by atoms with E-state index in [1.807, 2.05) is 0 Å². The van der Waals surface area contributed by atoms with Crippen molar-refractivity contribution in [2.75, 3.05) is 0 Å². The van der Waals surface area contributed by atoms with Gasteiger partial charge in [-0.3, -0.25) is 4.79 Å². The molecular weight excluding hydrogens is 208 g/mol. The number of allylic oxidation sites excluding steroid dienone is 2. The average molecular weight is 224 g/mol. The highest BCUT2D eigenvalue weighted by atomic mass is 16.1. The highest BCUT2D eigenvalue weighted by molar-refractivity contribution is 5.93. The van der Waals surface area contributed by atoms with Gasteiger partial charge in [0.05, 0.1) is 5.41 Å². The lowest BCUT2D eigenvalue weighted by molar-refractivity contribution is -0.126. The fourth-order valence-corrected chi connectivity index (χ4v) is 4.28. The van der Waals surface area contributed by atoms with Gasteiger partial charge in [0.15, 0.2) is 0 Å². The Morgan fingerprint density at radius 2 is 2.00 bits per heavy atom. The van der Waals surface area contributed by atoms with Gasteiger partial charge in [-0.2, -0.15) is 0 Å². The van der Waals surface area contributed by atoms with E-state index in [0.717, 1.165) is 19.3 Å². The summed E-state index contributed by atoms with van der Waals surface area (Å²) in [5.74, 6) is 1.62. The molecule has 0 heterocycles. The number of aryl methyl sites for hydroxylation is 1. The standard InChI is InChI=1S/C16H16O/c17-15-8-6-12-3-1-2-4-14(12)16(15)10-11-5-7-13(16)9-11/h1-5,7,11,13H,6,8-10H2. The Morgan fingerprint density at radius 1 is 1.12 bits per heavy atom. The predicted molar refractivity (Wildman–Crippen MR) is 66.8 cm³/mol. The smallest absolute Gasteiger partial charge is 0.144 e. The van der Waals surface area contributed by atoms with E-state index >= 15 is 0 Å². The van der Waals surface area contributed by atoms with Crippen molar-refractivity contribution in [2.45, 2.75) is 31.1 Å².